The quantitative estimate of drug-likeness (QED) is 0.807. The Balaban J connectivity index is 2.48. The molecule has 1 saturated heterocycles. The molecule has 1 aliphatic heterocycles. The van der Waals surface area contributed by atoms with E-state index in [1.807, 2.05) is 0 Å². The number of nitrogens with one attached hydrogen (secondary N) is 1. The minimum Gasteiger partial charge on any atom is -0.450 e. The number of unbranched alkanes of at least 4 members (excludes halogenated alkanes) is 1. The van der Waals surface area contributed by atoms with Crippen molar-refractivity contribution in [3.63, 3.8) is 0 Å². The number of likely N-dealkylation sites (tertiary alicyclic amines) is 1. The van der Waals surface area contributed by atoms with Crippen LogP contribution >= 0.6 is 0 Å². The molecule has 6 heteroatoms. The molecule has 1 fully saturated rings. The zero-order valence-corrected chi connectivity index (χ0v) is 12.1. The molecule has 0 saturated carbocycles. The molecule has 0 aromatic heterocycles. The Bertz CT molecular complexity index is 286. The third kappa shape index (κ3) is 4.94. The van der Waals surface area contributed by atoms with Gasteiger partial charge in [-0.3, -0.25) is 4.90 Å². The van der Waals surface area contributed by atoms with Crippen molar-refractivity contribution in [3.8, 4) is 0 Å². The number of carbonyl (C=O) groups excluding carboxylic acids is 1. The lowest BCUT2D eigenvalue weighted by atomic mass is 10.1. The molecule has 0 aliphatic carbocycles. The number of piperidine rings is 1. The number of amides is 1. The van der Waals surface area contributed by atoms with Crippen molar-refractivity contribution < 1.29 is 13.7 Å². The number of ether oxygens (including phenoxy) is 1. The highest BCUT2D eigenvalue weighted by molar-refractivity contribution is 7.83. The van der Waals surface area contributed by atoms with E-state index in [1.54, 1.807) is 11.8 Å². The molecular weight excluding hydrogens is 252 g/mol. The number of carbonyl (C=O) groups is 1. The van der Waals surface area contributed by atoms with Crippen LogP contribution in [0.2, 0.25) is 0 Å². The van der Waals surface area contributed by atoms with E-state index in [0.717, 1.165) is 32.1 Å². The molecule has 0 aromatic rings. The van der Waals surface area contributed by atoms with Crippen LogP contribution in [0.5, 0.6) is 0 Å². The number of rotatable bonds is 6. The Morgan fingerprint density at radius 2 is 2.22 bits per heavy atom. The van der Waals surface area contributed by atoms with E-state index in [-0.39, 0.29) is 12.3 Å². The molecule has 0 radical (unpaired) electrons. The zero-order chi connectivity index (χ0) is 13.4. The van der Waals surface area contributed by atoms with Gasteiger partial charge in [0.1, 0.15) is 0 Å². The summed E-state index contributed by atoms with van der Waals surface area (Å²) in [5, 5.41) is 0. The Morgan fingerprint density at radius 3 is 2.89 bits per heavy atom. The molecular formula is C12H24N2O3S. The maximum atomic E-state index is 11.8. The summed E-state index contributed by atoms with van der Waals surface area (Å²) in [6.07, 6.45) is 4.40. The fraction of sp³-hybridized carbons (Fsp3) is 0.917. The Kier molecular flexibility index (Phi) is 7.27. The minimum absolute atomic E-state index is 0.143. The summed E-state index contributed by atoms with van der Waals surface area (Å²) in [6.45, 7) is 4.93. The maximum absolute atomic E-state index is 11.8. The van der Waals surface area contributed by atoms with Crippen molar-refractivity contribution in [2.24, 2.45) is 0 Å². The average molecular weight is 276 g/mol. The SMILES string of the molecule is CCCCS(=O)NC1CCCCN1C(=O)OCC. The van der Waals surface area contributed by atoms with Crippen molar-refractivity contribution in [2.75, 3.05) is 18.9 Å². The minimum atomic E-state index is -1.06. The molecule has 106 valence electrons. The average Bonchev–Trinajstić information content (AvgIpc) is 2.37. The van der Waals surface area contributed by atoms with Crippen LogP contribution in [0.4, 0.5) is 4.79 Å². The molecule has 1 amide bonds. The van der Waals surface area contributed by atoms with Crippen LogP contribution in [0.25, 0.3) is 0 Å². The van der Waals surface area contributed by atoms with Gasteiger partial charge in [-0.2, -0.15) is 0 Å². The van der Waals surface area contributed by atoms with E-state index in [9.17, 15) is 9.00 Å². The maximum Gasteiger partial charge on any atom is 0.411 e. The first-order chi connectivity index (χ1) is 8.69. The molecule has 0 aromatic carbocycles. The Labute approximate surface area is 112 Å². The van der Waals surface area contributed by atoms with Gasteiger partial charge in [-0.15, -0.1) is 0 Å². The van der Waals surface area contributed by atoms with E-state index < -0.39 is 11.0 Å². The van der Waals surface area contributed by atoms with Gasteiger partial charge in [-0.1, -0.05) is 13.3 Å². The summed E-state index contributed by atoms with van der Waals surface area (Å²) in [5.74, 6) is 0.643. The van der Waals surface area contributed by atoms with Gasteiger partial charge in [0.15, 0.2) is 0 Å². The fourth-order valence-corrected chi connectivity index (χ4v) is 3.18. The number of hydrogen-bond acceptors (Lipinski definition) is 3. The highest BCUT2D eigenvalue weighted by Gasteiger charge is 2.28. The lowest BCUT2D eigenvalue weighted by molar-refractivity contribution is 0.0744. The predicted molar refractivity (Wildman–Crippen MR) is 72.4 cm³/mol. The number of hydrogen-bond donors (Lipinski definition) is 1. The first-order valence-corrected chi connectivity index (χ1v) is 8.08. The molecule has 0 spiro atoms. The molecule has 18 heavy (non-hydrogen) atoms. The highest BCUT2D eigenvalue weighted by atomic mass is 32.2. The summed E-state index contributed by atoms with van der Waals surface area (Å²) in [4.78, 5) is 13.4. The summed E-state index contributed by atoms with van der Waals surface area (Å²) >= 11 is 0. The third-order valence-electron chi connectivity index (χ3n) is 2.96. The second-order valence-corrected chi connectivity index (χ2v) is 5.76. The van der Waals surface area contributed by atoms with Crippen LogP contribution < -0.4 is 4.72 Å². The van der Waals surface area contributed by atoms with Crippen LogP contribution in [0.3, 0.4) is 0 Å². The molecule has 2 atom stereocenters. The fourth-order valence-electron chi connectivity index (χ4n) is 1.97. The number of nitrogens with zero attached hydrogens (tertiary/aromatic N) is 1. The van der Waals surface area contributed by atoms with Crippen molar-refractivity contribution in [1.29, 1.82) is 0 Å². The summed E-state index contributed by atoms with van der Waals surface area (Å²) in [6, 6.07) is 0. The second kappa shape index (κ2) is 8.48. The molecule has 1 rings (SSSR count). The van der Waals surface area contributed by atoms with Gasteiger partial charge in [0, 0.05) is 12.3 Å². The third-order valence-corrected chi connectivity index (χ3v) is 4.15. The zero-order valence-electron chi connectivity index (χ0n) is 11.3. The largest absolute Gasteiger partial charge is 0.450 e. The highest BCUT2D eigenvalue weighted by Crippen LogP contribution is 2.16. The van der Waals surface area contributed by atoms with Crippen LogP contribution in [0.1, 0.15) is 46.0 Å². The monoisotopic (exact) mass is 276 g/mol. The van der Waals surface area contributed by atoms with Gasteiger partial charge in [0.05, 0.1) is 23.8 Å². The van der Waals surface area contributed by atoms with E-state index in [4.69, 9.17) is 4.74 Å². The van der Waals surface area contributed by atoms with Gasteiger partial charge < -0.3 is 4.74 Å². The predicted octanol–water partition coefficient (Wildman–Crippen LogP) is 2.01. The van der Waals surface area contributed by atoms with Gasteiger partial charge in [0.25, 0.3) is 0 Å². The summed E-state index contributed by atoms with van der Waals surface area (Å²) in [7, 11) is -1.06. The van der Waals surface area contributed by atoms with Gasteiger partial charge in [-0.05, 0) is 32.6 Å². The second-order valence-electron chi connectivity index (χ2n) is 4.42. The summed E-state index contributed by atoms with van der Waals surface area (Å²) < 4.78 is 19.9. The van der Waals surface area contributed by atoms with Crippen LogP contribution in [0.15, 0.2) is 0 Å². The van der Waals surface area contributed by atoms with Crippen LogP contribution in [-0.4, -0.2) is 40.3 Å². The van der Waals surface area contributed by atoms with Gasteiger partial charge in [-0.25, -0.2) is 13.7 Å². The summed E-state index contributed by atoms with van der Waals surface area (Å²) in [5.41, 5.74) is 0. The standard InChI is InChI=1S/C12H24N2O3S/c1-3-5-10-18(16)13-11-8-6-7-9-14(11)12(15)17-4-2/h11,13H,3-10H2,1-2H3. The topological polar surface area (TPSA) is 58.6 Å². The first-order valence-electron chi connectivity index (χ1n) is 6.77. The van der Waals surface area contributed by atoms with E-state index >= 15 is 0 Å². The Hall–Kier alpha value is -0.620. The molecule has 1 aliphatic rings. The Morgan fingerprint density at radius 1 is 1.44 bits per heavy atom. The van der Waals surface area contributed by atoms with E-state index in [0.29, 0.717) is 18.9 Å². The van der Waals surface area contributed by atoms with Crippen molar-refractivity contribution >= 4 is 17.1 Å². The molecule has 0 bridgehead atoms. The van der Waals surface area contributed by atoms with Crippen molar-refractivity contribution in [2.45, 2.75) is 52.1 Å². The lowest BCUT2D eigenvalue weighted by Gasteiger charge is -2.34. The van der Waals surface area contributed by atoms with Crippen LogP contribution in [-0.2, 0) is 15.7 Å². The van der Waals surface area contributed by atoms with Gasteiger partial charge in [0.2, 0.25) is 0 Å². The van der Waals surface area contributed by atoms with Crippen LogP contribution in [0, 0.1) is 0 Å². The lowest BCUT2D eigenvalue weighted by Crippen LogP contribution is -2.52. The molecule has 1 N–H and O–H groups in total. The van der Waals surface area contributed by atoms with Crippen molar-refractivity contribution in [3.05, 3.63) is 0 Å². The molecule has 2 unspecified atom stereocenters. The first kappa shape index (κ1) is 15.4. The normalized spacial score (nSPS) is 21.7. The smallest absolute Gasteiger partial charge is 0.411 e. The van der Waals surface area contributed by atoms with E-state index in [1.165, 1.54) is 0 Å². The molecule has 5 nitrogen and oxygen atoms in total. The van der Waals surface area contributed by atoms with Gasteiger partial charge >= 0.3 is 6.09 Å². The molecule has 1 heterocycles. The van der Waals surface area contributed by atoms with E-state index in [2.05, 4.69) is 11.6 Å². The van der Waals surface area contributed by atoms with Crippen molar-refractivity contribution in [1.82, 2.24) is 9.62 Å².